The lowest BCUT2D eigenvalue weighted by Crippen LogP contribution is -2.03. The van der Waals surface area contributed by atoms with Crippen molar-refractivity contribution in [2.24, 2.45) is 0 Å². The van der Waals surface area contributed by atoms with Gasteiger partial charge in [0.1, 0.15) is 17.5 Å². The van der Waals surface area contributed by atoms with Crippen molar-refractivity contribution in [3.05, 3.63) is 40.4 Å². The summed E-state index contributed by atoms with van der Waals surface area (Å²) < 4.78 is 14.6. The van der Waals surface area contributed by atoms with Gasteiger partial charge < -0.3 is 5.32 Å². The summed E-state index contributed by atoms with van der Waals surface area (Å²) in [7, 11) is 0. The second-order valence-corrected chi connectivity index (χ2v) is 4.76. The van der Waals surface area contributed by atoms with Crippen LogP contribution in [0.4, 0.5) is 10.2 Å². The Morgan fingerprint density at radius 2 is 2.06 bits per heavy atom. The molecule has 18 heavy (non-hydrogen) atoms. The molecule has 5 heteroatoms. The van der Waals surface area contributed by atoms with Gasteiger partial charge in [-0.2, -0.15) is 0 Å². The topological polar surface area (TPSA) is 37.8 Å². The molecule has 3 nitrogen and oxygen atoms in total. The van der Waals surface area contributed by atoms with Crippen LogP contribution in [0, 0.1) is 12.7 Å². The van der Waals surface area contributed by atoms with Crippen LogP contribution in [0.3, 0.4) is 0 Å². The lowest BCUT2D eigenvalue weighted by molar-refractivity contribution is 0.630. The van der Waals surface area contributed by atoms with Gasteiger partial charge in [0.25, 0.3) is 0 Å². The van der Waals surface area contributed by atoms with Crippen molar-refractivity contribution in [3.63, 3.8) is 0 Å². The fourth-order valence-electron chi connectivity index (χ4n) is 1.67. The second-order valence-electron chi connectivity index (χ2n) is 3.84. The molecule has 0 unspecified atom stereocenters. The molecule has 0 saturated heterocycles. The number of aryl methyl sites for hydroxylation is 1. The fourth-order valence-corrected chi connectivity index (χ4v) is 2.03. The monoisotopic (exact) mass is 309 g/mol. The van der Waals surface area contributed by atoms with E-state index in [1.807, 2.05) is 6.92 Å². The Hall–Kier alpha value is -1.49. The summed E-state index contributed by atoms with van der Waals surface area (Å²) in [5.41, 5.74) is 1.05. The molecule has 0 aliphatic carbocycles. The molecule has 0 aliphatic heterocycles. The predicted octanol–water partition coefficient (Wildman–Crippen LogP) is 3.79. The van der Waals surface area contributed by atoms with E-state index in [9.17, 15) is 4.39 Å². The number of nitrogens with one attached hydrogen (secondary N) is 1. The molecule has 0 saturated carbocycles. The van der Waals surface area contributed by atoms with Gasteiger partial charge in [0.2, 0.25) is 0 Å². The lowest BCUT2D eigenvalue weighted by Gasteiger charge is -2.08. The molecule has 1 heterocycles. The van der Waals surface area contributed by atoms with Crippen molar-refractivity contribution >= 4 is 21.7 Å². The van der Waals surface area contributed by atoms with Gasteiger partial charge in [-0.05, 0) is 32.0 Å². The van der Waals surface area contributed by atoms with Gasteiger partial charge in [0.05, 0.1) is 5.69 Å². The predicted molar refractivity (Wildman–Crippen MR) is 74.0 cm³/mol. The summed E-state index contributed by atoms with van der Waals surface area (Å²) in [6, 6.07) is 6.55. The van der Waals surface area contributed by atoms with Crippen LogP contribution in [0.5, 0.6) is 0 Å². The summed E-state index contributed by atoms with van der Waals surface area (Å²) in [6.45, 7) is 4.54. The van der Waals surface area contributed by atoms with Crippen LogP contribution in [-0.2, 0) is 0 Å². The third kappa shape index (κ3) is 2.85. The quantitative estimate of drug-likeness (QED) is 0.937. The van der Waals surface area contributed by atoms with Gasteiger partial charge in [-0.3, -0.25) is 0 Å². The molecule has 0 bridgehead atoms. The fraction of sp³-hybridized carbons (Fsp3) is 0.231. The minimum atomic E-state index is -0.293. The highest BCUT2D eigenvalue weighted by atomic mass is 79.9. The zero-order valence-corrected chi connectivity index (χ0v) is 11.8. The molecular weight excluding hydrogens is 297 g/mol. The van der Waals surface area contributed by atoms with Crippen LogP contribution in [-0.4, -0.2) is 16.5 Å². The van der Waals surface area contributed by atoms with Crippen LogP contribution in [0.25, 0.3) is 11.3 Å². The zero-order chi connectivity index (χ0) is 13.1. The molecule has 2 rings (SSSR count). The smallest absolute Gasteiger partial charge is 0.132 e. The average Bonchev–Trinajstić information content (AvgIpc) is 2.32. The second kappa shape index (κ2) is 5.44. The standard InChI is InChI=1S/C13H13BrFN3/c1-3-16-13-7-12(17-8(2)18-13)10-6-9(14)4-5-11(10)15/h4-7H,3H2,1-2H3,(H,16,17,18). The van der Waals surface area contributed by atoms with E-state index in [0.29, 0.717) is 22.9 Å². The van der Waals surface area contributed by atoms with Gasteiger partial charge in [-0.1, -0.05) is 15.9 Å². The normalized spacial score (nSPS) is 10.4. The molecule has 0 amide bonds. The number of halogens is 2. The van der Waals surface area contributed by atoms with E-state index < -0.39 is 0 Å². The molecule has 0 aliphatic rings. The van der Waals surface area contributed by atoms with E-state index >= 15 is 0 Å². The van der Waals surface area contributed by atoms with Gasteiger partial charge in [0, 0.05) is 22.6 Å². The molecule has 0 fully saturated rings. The maximum absolute atomic E-state index is 13.8. The Labute approximate surface area is 114 Å². The summed E-state index contributed by atoms with van der Waals surface area (Å²) in [6.07, 6.45) is 0. The molecular formula is C13H13BrFN3. The van der Waals surface area contributed by atoms with Crippen molar-refractivity contribution in [1.29, 1.82) is 0 Å². The third-order valence-electron chi connectivity index (χ3n) is 2.40. The summed E-state index contributed by atoms with van der Waals surface area (Å²) in [5, 5.41) is 3.11. The van der Waals surface area contributed by atoms with E-state index in [2.05, 4.69) is 31.2 Å². The van der Waals surface area contributed by atoms with Crippen LogP contribution in [0.15, 0.2) is 28.7 Å². The molecule has 2 aromatic rings. The van der Waals surface area contributed by atoms with Gasteiger partial charge in [-0.25, -0.2) is 14.4 Å². The first kappa shape index (κ1) is 13.0. The van der Waals surface area contributed by atoms with Crippen LogP contribution < -0.4 is 5.32 Å². The van der Waals surface area contributed by atoms with Crippen molar-refractivity contribution in [3.8, 4) is 11.3 Å². The average molecular weight is 310 g/mol. The Morgan fingerprint density at radius 1 is 1.28 bits per heavy atom. The number of rotatable bonds is 3. The van der Waals surface area contributed by atoms with Crippen LogP contribution in [0.1, 0.15) is 12.7 Å². The minimum absolute atomic E-state index is 0.293. The molecule has 1 N–H and O–H groups in total. The number of benzene rings is 1. The maximum atomic E-state index is 13.8. The zero-order valence-electron chi connectivity index (χ0n) is 10.2. The Bertz CT molecular complexity index is 572. The summed E-state index contributed by atoms with van der Waals surface area (Å²) in [4.78, 5) is 8.52. The molecule has 94 valence electrons. The first-order valence-electron chi connectivity index (χ1n) is 5.65. The summed E-state index contributed by atoms with van der Waals surface area (Å²) in [5.74, 6) is 1.03. The van der Waals surface area contributed by atoms with Crippen molar-refractivity contribution in [2.75, 3.05) is 11.9 Å². The van der Waals surface area contributed by atoms with Crippen LogP contribution in [0.2, 0.25) is 0 Å². The van der Waals surface area contributed by atoms with Gasteiger partial charge >= 0.3 is 0 Å². The molecule has 1 aromatic carbocycles. The highest BCUT2D eigenvalue weighted by Crippen LogP contribution is 2.26. The van der Waals surface area contributed by atoms with E-state index in [1.165, 1.54) is 6.07 Å². The number of anilines is 1. The van der Waals surface area contributed by atoms with E-state index in [4.69, 9.17) is 0 Å². The first-order valence-corrected chi connectivity index (χ1v) is 6.44. The number of nitrogens with zero attached hydrogens (tertiary/aromatic N) is 2. The molecule has 0 spiro atoms. The highest BCUT2D eigenvalue weighted by molar-refractivity contribution is 9.10. The van der Waals surface area contributed by atoms with E-state index in [1.54, 1.807) is 25.1 Å². The van der Waals surface area contributed by atoms with Crippen molar-refractivity contribution in [1.82, 2.24) is 9.97 Å². The Kier molecular flexibility index (Phi) is 3.91. The first-order chi connectivity index (χ1) is 8.60. The largest absolute Gasteiger partial charge is 0.370 e. The number of aromatic nitrogens is 2. The lowest BCUT2D eigenvalue weighted by atomic mass is 10.1. The van der Waals surface area contributed by atoms with Gasteiger partial charge in [-0.15, -0.1) is 0 Å². The Morgan fingerprint density at radius 3 is 2.78 bits per heavy atom. The van der Waals surface area contributed by atoms with Crippen molar-refractivity contribution < 1.29 is 4.39 Å². The summed E-state index contributed by atoms with van der Waals surface area (Å²) >= 11 is 3.34. The van der Waals surface area contributed by atoms with E-state index in [0.717, 1.165) is 11.0 Å². The third-order valence-corrected chi connectivity index (χ3v) is 2.89. The van der Waals surface area contributed by atoms with E-state index in [-0.39, 0.29) is 5.82 Å². The SMILES string of the molecule is CCNc1cc(-c2cc(Br)ccc2F)nc(C)n1. The number of hydrogen-bond acceptors (Lipinski definition) is 3. The van der Waals surface area contributed by atoms with Crippen molar-refractivity contribution in [2.45, 2.75) is 13.8 Å². The molecule has 0 radical (unpaired) electrons. The Balaban J connectivity index is 2.52. The molecule has 1 aromatic heterocycles. The number of hydrogen-bond donors (Lipinski definition) is 1. The highest BCUT2D eigenvalue weighted by Gasteiger charge is 2.09. The maximum Gasteiger partial charge on any atom is 0.132 e. The molecule has 0 atom stereocenters. The van der Waals surface area contributed by atoms with Gasteiger partial charge in [0.15, 0.2) is 0 Å². The minimum Gasteiger partial charge on any atom is -0.370 e. The van der Waals surface area contributed by atoms with Crippen LogP contribution >= 0.6 is 15.9 Å².